The van der Waals surface area contributed by atoms with Crippen molar-refractivity contribution in [2.24, 2.45) is 4.99 Å². The van der Waals surface area contributed by atoms with Crippen LogP contribution in [-0.4, -0.2) is 5.71 Å². The quantitative estimate of drug-likeness (QED) is 0.189. The molecule has 2 heterocycles. The van der Waals surface area contributed by atoms with E-state index in [1.54, 1.807) is 0 Å². The average molecular weight is 606 g/mol. The molecule has 0 bridgehead atoms. The molecule has 0 saturated carbocycles. The van der Waals surface area contributed by atoms with Gasteiger partial charge in [-0.1, -0.05) is 146 Å². The lowest BCUT2D eigenvalue weighted by molar-refractivity contribution is 0.859. The number of rotatable bonds is 4. The summed E-state index contributed by atoms with van der Waals surface area (Å²) in [5, 5.41) is 1.34. The van der Waals surface area contributed by atoms with Gasteiger partial charge in [0.25, 0.3) is 0 Å². The number of para-hydroxylation sites is 1. The summed E-state index contributed by atoms with van der Waals surface area (Å²) in [6.45, 7) is 0. The number of nitrogens with zero attached hydrogens (tertiary/aromatic N) is 1. The summed E-state index contributed by atoms with van der Waals surface area (Å²) in [7, 11) is 0. The van der Waals surface area contributed by atoms with Crippen LogP contribution in [0.1, 0.15) is 39.3 Å². The molecule has 0 saturated heterocycles. The first-order valence-electron chi connectivity index (χ1n) is 16.0. The van der Waals surface area contributed by atoms with Gasteiger partial charge in [0.15, 0.2) is 0 Å². The lowest BCUT2D eigenvalue weighted by Crippen LogP contribution is -2.20. The van der Waals surface area contributed by atoms with Gasteiger partial charge < -0.3 is 0 Å². The summed E-state index contributed by atoms with van der Waals surface area (Å²) in [5.41, 5.74) is 15.2. The summed E-state index contributed by atoms with van der Waals surface area (Å²) >= 11 is 1.91. The van der Waals surface area contributed by atoms with Crippen LogP contribution < -0.4 is 0 Å². The molecular weight excluding hydrogens is 575 g/mol. The van der Waals surface area contributed by atoms with Crippen LogP contribution in [0.4, 0.5) is 5.69 Å². The Balaban J connectivity index is 1.05. The predicted octanol–water partition coefficient (Wildman–Crippen LogP) is 11.7. The van der Waals surface area contributed by atoms with Gasteiger partial charge in [0.1, 0.15) is 0 Å². The summed E-state index contributed by atoms with van der Waals surface area (Å²) in [6, 6.07) is 55.3. The van der Waals surface area contributed by atoms with Gasteiger partial charge in [0.05, 0.1) is 11.4 Å². The Labute approximate surface area is 273 Å². The fourth-order valence-corrected chi connectivity index (χ4v) is 8.49. The Kier molecular flexibility index (Phi) is 6.61. The number of allylic oxidation sites excluding steroid dienone is 1. The van der Waals surface area contributed by atoms with Gasteiger partial charge in [-0.2, -0.15) is 0 Å². The molecule has 6 aromatic carbocycles. The van der Waals surface area contributed by atoms with E-state index in [9.17, 15) is 0 Å². The molecule has 0 radical (unpaired) electrons. The van der Waals surface area contributed by atoms with Crippen LogP contribution in [0.15, 0.2) is 163 Å². The summed E-state index contributed by atoms with van der Waals surface area (Å²) in [4.78, 5) is 6.55. The van der Waals surface area contributed by atoms with E-state index in [-0.39, 0.29) is 5.92 Å². The SMILES string of the molecule is C1=C(c2ccc(-c3ccc(C4Cc5ccccc5N=C4c4ccccc4)cc3)cc2)c2c(sc3ccccc23)-c2ccccc2C1. The number of aliphatic imine (C=N–C) groups is 1. The molecule has 46 heavy (non-hydrogen) atoms. The highest BCUT2D eigenvalue weighted by Gasteiger charge is 2.26. The van der Waals surface area contributed by atoms with Crippen molar-refractivity contribution in [3.05, 3.63) is 191 Å². The fourth-order valence-electron chi connectivity index (χ4n) is 7.22. The van der Waals surface area contributed by atoms with Gasteiger partial charge in [-0.3, -0.25) is 4.99 Å². The van der Waals surface area contributed by atoms with E-state index in [1.807, 2.05) is 11.3 Å². The van der Waals surface area contributed by atoms with Gasteiger partial charge in [-0.15, -0.1) is 11.3 Å². The molecule has 1 nitrogen and oxygen atoms in total. The first-order valence-corrected chi connectivity index (χ1v) is 16.8. The normalized spacial score (nSPS) is 15.3. The zero-order valence-corrected chi connectivity index (χ0v) is 26.2. The maximum Gasteiger partial charge on any atom is 0.0665 e. The highest BCUT2D eigenvalue weighted by molar-refractivity contribution is 7.22. The molecule has 9 rings (SSSR count). The van der Waals surface area contributed by atoms with Gasteiger partial charge in [-0.05, 0) is 75.1 Å². The fraction of sp³-hybridized carbons (Fsp3) is 0.0682. The minimum Gasteiger partial charge on any atom is -0.252 e. The van der Waals surface area contributed by atoms with E-state index in [4.69, 9.17) is 4.99 Å². The van der Waals surface area contributed by atoms with E-state index >= 15 is 0 Å². The maximum absolute atomic E-state index is 5.17. The maximum atomic E-state index is 5.17. The molecule has 1 unspecified atom stereocenters. The van der Waals surface area contributed by atoms with Gasteiger partial charge in [0, 0.05) is 26.4 Å². The Morgan fingerprint density at radius 3 is 2.02 bits per heavy atom. The molecule has 2 aliphatic rings. The van der Waals surface area contributed by atoms with Crippen molar-refractivity contribution in [2.75, 3.05) is 0 Å². The largest absolute Gasteiger partial charge is 0.252 e. The van der Waals surface area contributed by atoms with Crippen molar-refractivity contribution in [2.45, 2.75) is 18.8 Å². The first kappa shape index (κ1) is 27.0. The van der Waals surface area contributed by atoms with Crippen molar-refractivity contribution in [3.63, 3.8) is 0 Å². The number of thiophene rings is 1. The molecule has 1 aliphatic heterocycles. The van der Waals surface area contributed by atoms with Crippen LogP contribution in [0.25, 0.3) is 37.2 Å². The molecule has 0 amide bonds. The minimum absolute atomic E-state index is 0.217. The second-order valence-electron chi connectivity index (χ2n) is 12.2. The second-order valence-corrected chi connectivity index (χ2v) is 13.3. The Bertz CT molecular complexity index is 2290. The van der Waals surface area contributed by atoms with Crippen molar-refractivity contribution in [1.82, 2.24) is 0 Å². The highest BCUT2D eigenvalue weighted by atomic mass is 32.1. The molecule has 0 fully saturated rings. The van der Waals surface area contributed by atoms with Crippen molar-refractivity contribution >= 4 is 38.4 Å². The second kappa shape index (κ2) is 11.2. The van der Waals surface area contributed by atoms with Crippen LogP contribution >= 0.6 is 11.3 Å². The topological polar surface area (TPSA) is 12.4 Å². The molecule has 7 aromatic rings. The van der Waals surface area contributed by atoms with E-state index in [0.717, 1.165) is 24.2 Å². The van der Waals surface area contributed by atoms with E-state index in [1.165, 1.54) is 70.6 Å². The first-order chi connectivity index (χ1) is 22.8. The summed E-state index contributed by atoms with van der Waals surface area (Å²) < 4.78 is 1.34. The monoisotopic (exact) mass is 605 g/mol. The third kappa shape index (κ3) is 4.65. The smallest absolute Gasteiger partial charge is 0.0665 e. The van der Waals surface area contributed by atoms with Gasteiger partial charge in [-0.25, -0.2) is 0 Å². The minimum atomic E-state index is 0.217. The van der Waals surface area contributed by atoms with Crippen LogP contribution in [-0.2, 0) is 12.8 Å². The predicted molar refractivity (Wildman–Crippen MR) is 195 cm³/mol. The van der Waals surface area contributed by atoms with Crippen LogP contribution in [0.5, 0.6) is 0 Å². The molecule has 1 aromatic heterocycles. The van der Waals surface area contributed by atoms with Gasteiger partial charge in [0.2, 0.25) is 0 Å². The molecule has 0 N–H and O–H groups in total. The van der Waals surface area contributed by atoms with E-state index in [2.05, 4.69) is 158 Å². The molecule has 1 atom stereocenters. The van der Waals surface area contributed by atoms with Crippen LogP contribution in [0.3, 0.4) is 0 Å². The number of fused-ring (bicyclic) bond motifs is 6. The lowest BCUT2D eigenvalue weighted by atomic mass is 9.82. The Morgan fingerprint density at radius 1 is 0.543 bits per heavy atom. The Morgan fingerprint density at radius 2 is 1.20 bits per heavy atom. The van der Waals surface area contributed by atoms with Crippen LogP contribution in [0.2, 0.25) is 0 Å². The molecule has 1 aliphatic carbocycles. The number of benzene rings is 6. The van der Waals surface area contributed by atoms with Crippen molar-refractivity contribution < 1.29 is 0 Å². The van der Waals surface area contributed by atoms with Gasteiger partial charge >= 0.3 is 0 Å². The highest BCUT2D eigenvalue weighted by Crippen LogP contribution is 2.47. The number of hydrogen-bond acceptors (Lipinski definition) is 2. The zero-order chi connectivity index (χ0) is 30.5. The van der Waals surface area contributed by atoms with Crippen molar-refractivity contribution in [3.8, 4) is 21.6 Å². The van der Waals surface area contributed by atoms with Crippen molar-refractivity contribution in [1.29, 1.82) is 0 Å². The number of hydrogen-bond donors (Lipinski definition) is 0. The van der Waals surface area contributed by atoms with E-state index < -0.39 is 0 Å². The lowest BCUT2D eigenvalue weighted by Gasteiger charge is -2.26. The average Bonchev–Trinajstić information content (AvgIpc) is 3.43. The third-order valence-corrected chi connectivity index (χ3v) is 10.8. The van der Waals surface area contributed by atoms with Crippen LogP contribution in [0, 0.1) is 0 Å². The molecular formula is C44H31NS. The molecule has 218 valence electrons. The summed E-state index contributed by atoms with van der Waals surface area (Å²) in [5.74, 6) is 0.217. The van der Waals surface area contributed by atoms with E-state index in [0.29, 0.717) is 0 Å². The Hall–Kier alpha value is -5.31. The third-order valence-electron chi connectivity index (χ3n) is 9.55. The molecule has 0 spiro atoms. The standard InChI is InChI=1S/C44H31NS/c1-2-11-34(12-3-1)43-39(28-35-13-5-8-16-40(35)45-43)33-24-20-30(21-25-33)29-18-22-32(23-19-29)36-27-26-31-10-4-6-14-37(31)44-42(36)38-15-7-9-17-41(38)46-44/h1-25,27,39H,26,28H2. The zero-order valence-electron chi connectivity index (χ0n) is 25.4. The summed E-state index contributed by atoms with van der Waals surface area (Å²) in [6.07, 6.45) is 4.32. The molecule has 2 heteroatoms.